The van der Waals surface area contributed by atoms with Crippen molar-refractivity contribution in [2.24, 2.45) is 5.73 Å². The number of amides is 1. The van der Waals surface area contributed by atoms with E-state index >= 15 is 0 Å². The lowest BCUT2D eigenvalue weighted by Gasteiger charge is -2.03. The maximum Gasteiger partial charge on any atom is 0.271 e. The summed E-state index contributed by atoms with van der Waals surface area (Å²) in [5.41, 5.74) is 6.08. The molecule has 0 unspecified atom stereocenters. The maximum atomic E-state index is 13.2. The summed E-state index contributed by atoms with van der Waals surface area (Å²) >= 11 is 6.98. The van der Waals surface area contributed by atoms with Crippen molar-refractivity contribution in [3.63, 3.8) is 0 Å². The summed E-state index contributed by atoms with van der Waals surface area (Å²) < 4.78 is 13.5. The maximum absolute atomic E-state index is 13.2. The molecule has 0 atom stereocenters. The number of benzene rings is 1. The second-order valence-corrected chi connectivity index (χ2v) is 5.28. The van der Waals surface area contributed by atoms with Crippen LogP contribution >= 0.6 is 22.9 Å². The van der Waals surface area contributed by atoms with Gasteiger partial charge in [0.2, 0.25) is 0 Å². The predicted molar refractivity (Wildman–Crippen MR) is 73.9 cm³/mol. The Labute approximate surface area is 118 Å². The Kier molecular flexibility index (Phi) is 4.47. The van der Waals surface area contributed by atoms with Gasteiger partial charge in [0, 0.05) is 13.1 Å². The third-order valence-electron chi connectivity index (χ3n) is 2.33. The van der Waals surface area contributed by atoms with Crippen LogP contribution in [0.25, 0.3) is 10.4 Å². The summed E-state index contributed by atoms with van der Waals surface area (Å²) in [4.78, 5) is 16.4. The molecular weight excluding hydrogens is 289 g/mol. The first-order chi connectivity index (χ1) is 9.11. The lowest BCUT2D eigenvalue weighted by Crippen LogP contribution is -2.29. The minimum atomic E-state index is -0.379. The molecule has 1 aromatic heterocycles. The first kappa shape index (κ1) is 13.9. The second-order valence-electron chi connectivity index (χ2n) is 3.70. The van der Waals surface area contributed by atoms with Crippen molar-refractivity contribution in [3.05, 3.63) is 40.2 Å². The van der Waals surface area contributed by atoms with Crippen LogP contribution in [0.1, 0.15) is 10.5 Å². The van der Waals surface area contributed by atoms with E-state index in [1.807, 2.05) is 0 Å². The van der Waals surface area contributed by atoms with Crippen molar-refractivity contribution in [2.45, 2.75) is 0 Å². The number of halogens is 2. The van der Waals surface area contributed by atoms with Crippen LogP contribution in [0.4, 0.5) is 4.39 Å². The molecule has 0 saturated carbocycles. The highest BCUT2D eigenvalue weighted by Crippen LogP contribution is 2.33. The molecule has 1 aromatic carbocycles. The normalized spacial score (nSPS) is 10.5. The third kappa shape index (κ3) is 3.28. The number of nitrogens with zero attached hydrogens (tertiary/aromatic N) is 1. The van der Waals surface area contributed by atoms with Crippen LogP contribution in [0.15, 0.2) is 24.3 Å². The van der Waals surface area contributed by atoms with Gasteiger partial charge in [0.05, 0.1) is 4.88 Å². The van der Waals surface area contributed by atoms with E-state index in [-0.39, 0.29) is 21.9 Å². The standard InChI is InChI=1S/C12H11ClFN3OS/c13-12-17-9(11(18)16-5-4-15)10(19-12)7-2-1-3-8(14)6-7/h1-3,6H,4-5,15H2,(H,16,18). The van der Waals surface area contributed by atoms with Gasteiger partial charge in [-0.05, 0) is 17.7 Å². The molecule has 100 valence electrons. The summed E-state index contributed by atoms with van der Waals surface area (Å²) in [7, 11) is 0. The van der Waals surface area contributed by atoms with E-state index in [1.54, 1.807) is 12.1 Å². The van der Waals surface area contributed by atoms with Crippen LogP contribution in [0, 0.1) is 5.82 Å². The fourth-order valence-corrected chi connectivity index (χ4v) is 2.64. The SMILES string of the molecule is NCCNC(=O)c1nc(Cl)sc1-c1cccc(F)c1. The molecule has 0 aliphatic heterocycles. The Morgan fingerprint density at radius 2 is 2.32 bits per heavy atom. The molecule has 7 heteroatoms. The molecule has 0 saturated heterocycles. The molecule has 0 spiro atoms. The molecule has 2 rings (SSSR count). The van der Waals surface area contributed by atoms with Crippen molar-refractivity contribution < 1.29 is 9.18 Å². The first-order valence-electron chi connectivity index (χ1n) is 5.52. The second kappa shape index (κ2) is 6.10. The van der Waals surface area contributed by atoms with Crippen LogP contribution < -0.4 is 11.1 Å². The highest BCUT2D eigenvalue weighted by molar-refractivity contribution is 7.19. The molecule has 0 aliphatic carbocycles. The summed E-state index contributed by atoms with van der Waals surface area (Å²) in [5.74, 6) is -0.747. The molecule has 0 fully saturated rings. The average molecular weight is 300 g/mol. The monoisotopic (exact) mass is 299 g/mol. The lowest BCUT2D eigenvalue weighted by atomic mass is 10.1. The molecular formula is C12H11ClFN3OS. The van der Waals surface area contributed by atoms with Gasteiger partial charge in [0.1, 0.15) is 11.5 Å². The van der Waals surface area contributed by atoms with E-state index in [2.05, 4.69) is 10.3 Å². The molecule has 0 radical (unpaired) electrons. The highest BCUT2D eigenvalue weighted by atomic mass is 35.5. The number of rotatable bonds is 4. The fourth-order valence-electron chi connectivity index (χ4n) is 1.54. The van der Waals surface area contributed by atoms with Gasteiger partial charge in [-0.2, -0.15) is 0 Å². The molecule has 19 heavy (non-hydrogen) atoms. The van der Waals surface area contributed by atoms with E-state index in [9.17, 15) is 9.18 Å². The topological polar surface area (TPSA) is 68.0 Å². The van der Waals surface area contributed by atoms with Gasteiger partial charge in [-0.15, -0.1) is 11.3 Å². The summed E-state index contributed by atoms with van der Waals surface area (Å²) in [5, 5.41) is 2.61. The summed E-state index contributed by atoms with van der Waals surface area (Å²) in [6.07, 6.45) is 0. The Morgan fingerprint density at radius 1 is 1.53 bits per heavy atom. The van der Waals surface area contributed by atoms with E-state index < -0.39 is 0 Å². The van der Waals surface area contributed by atoms with Crippen molar-refractivity contribution in [1.82, 2.24) is 10.3 Å². The van der Waals surface area contributed by atoms with E-state index in [1.165, 1.54) is 12.1 Å². The zero-order valence-corrected chi connectivity index (χ0v) is 11.4. The minimum Gasteiger partial charge on any atom is -0.349 e. The summed E-state index contributed by atoms with van der Waals surface area (Å²) in [6, 6.07) is 5.94. The van der Waals surface area contributed by atoms with E-state index in [4.69, 9.17) is 17.3 Å². The third-order valence-corrected chi connectivity index (χ3v) is 3.54. The molecule has 1 heterocycles. The van der Waals surface area contributed by atoms with Gasteiger partial charge >= 0.3 is 0 Å². The molecule has 4 nitrogen and oxygen atoms in total. The van der Waals surface area contributed by atoms with Gasteiger partial charge in [0.15, 0.2) is 4.47 Å². The van der Waals surface area contributed by atoms with Crippen LogP contribution in [-0.4, -0.2) is 24.0 Å². The Balaban J connectivity index is 2.38. The number of hydrogen-bond acceptors (Lipinski definition) is 4. The van der Waals surface area contributed by atoms with E-state index in [0.29, 0.717) is 23.5 Å². The van der Waals surface area contributed by atoms with Crippen LogP contribution in [0.2, 0.25) is 4.47 Å². The van der Waals surface area contributed by atoms with Crippen molar-refractivity contribution in [3.8, 4) is 10.4 Å². The quantitative estimate of drug-likeness (QED) is 0.910. The van der Waals surface area contributed by atoms with Crippen molar-refractivity contribution in [2.75, 3.05) is 13.1 Å². The minimum absolute atomic E-state index is 0.189. The number of hydrogen-bond donors (Lipinski definition) is 2. The van der Waals surface area contributed by atoms with Crippen LogP contribution in [0.3, 0.4) is 0 Å². The number of nitrogens with one attached hydrogen (secondary N) is 1. The zero-order valence-electron chi connectivity index (χ0n) is 9.82. The molecule has 3 N–H and O–H groups in total. The Morgan fingerprint density at radius 3 is 3.00 bits per heavy atom. The number of carbonyl (C=O) groups excluding carboxylic acids is 1. The zero-order chi connectivity index (χ0) is 13.8. The van der Waals surface area contributed by atoms with Gasteiger partial charge in [-0.25, -0.2) is 9.37 Å². The summed E-state index contributed by atoms with van der Waals surface area (Å²) in [6.45, 7) is 0.676. The molecule has 2 aromatic rings. The highest BCUT2D eigenvalue weighted by Gasteiger charge is 2.18. The lowest BCUT2D eigenvalue weighted by molar-refractivity contribution is 0.0951. The first-order valence-corrected chi connectivity index (χ1v) is 6.72. The van der Waals surface area contributed by atoms with Crippen molar-refractivity contribution >= 4 is 28.8 Å². The van der Waals surface area contributed by atoms with Crippen molar-refractivity contribution in [1.29, 1.82) is 0 Å². The molecule has 0 bridgehead atoms. The van der Waals surface area contributed by atoms with Gasteiger partial charge in [-0.3, -0.25) is 4.79 Å². The van der Waals surface area contributed by atoms with E-state index in [0.717, 1.165) is 11.3 Å². The van der Waals surface area contributed by atoms with Gasteiger partial charge < -0.3 is 11.1 Å². The number of carbonyl (C=O) groups is 1. The van der Waals surface area contributed by atoms with Gasteiger partial charge in [0.25, 0.3) is 5.91 Å². The number of aromatic nitrogens is 1. The predicted octanol–water partition coefficient (Wildman–Crippen LogP) is 2.29. The average Bonchev–Trinajstić information content (AvgIpc) is 2.78. The van der Waals surface area contributed by atoms with Crippen LogP contribution in [0.5, 0.6) is 0 Å². The smallest absolute Gasteiger partial charge is 0.271 e. The Bertz CT molecular complexity index is 602. The van der Waals surface area contributed by atoms with Crippen LogP contribution in [-0.2, 0) is 0 Å². The largest absolute Gasteiger partial charge is 0.349 e. The van der Waals surface area contributed by atoms with Gasteiger partial charge in [-0.1, -0.05) is 23.7 Å². The fraction of sp³-hybridized carbons (Fsp3) is 0.167. The molecule has 1 amide bonds. The number of thiazole rings is 1. The Hall–Kier alpha value is -1.50. The number of nitrogens with two attached hydrogens (primary N) is 1. The molecule has 0 aliphatic rings.